The van der Waals surface area contributed by atoms with Crippen molar-refractivity contribution in [1.82, 2.24) is 10.3 Å². The lowest BCUT2D eigenvalue weighted by atomic mass is 9.88. The van der Waals surface area contributed by atoms with Gasteiger partial charge >= 0.3 is 0 Å². The zero-order chi connectivity index (χ0) is 27.7. The number of aliphatic hydroxyl groups excluding tert-OH is 1. The van der Waals surface area contributed by atoms with Crippen LogP contribution in [0.25, 0.3) is 10.4 Å². The van der Waals surface area contributed by atoms with Crippen LogP contribution in [-0.4, -0.2) is 40.7 Å². The molecular weight excluding hydrogens is 502 g/mol. The van der Waals surface area contributed by atoms with Crippen LogP contribution in [0, 0.1) is 5.41 Å². The summed E-state index contributed by atoms with van der Waals surface area (Å²) in [6.45, 7) is 10.0. The molecule has 0 saturated carbocycles. The molecule has 2 amide bonds. The Balaban J connectivity index is 1.71. The summed E-state index contributed by atoms with van der Waals surface area (Å²) in [4.78, 5) is 30.8. The Kier molecular flexibility index (Phi) is 10.3. The number of benzene rings is 2. The van der Waals surface area contributed by atoms with Crippen molar-refractivity contribution in [1.29, 1.82) is 0 Å². The molecule has 8 nitrogen and oxygen atoms in total. The van der Waals surface area contributed by atoms with E-state index in [1.165, 1.54) is 11.3 Å². The van der Waals surface area contributed by atoms with Crippen LogP contribution in [0.4, 0.5) is 5.13 Å². The van der Waals surface area contributed by atoms with E-state index in [-0.39, 0.29) is 5.91 Å². The minimum Gasteiger partial charge on any atom is -0.490 e. The molecule has 38 heavy (non-hydrogen) atoms. The molecule has 1 heterocycles. The van der Waals surface area contributed by atoms with E-state index in [2.05, 4.69) is 15.6 Å². The number of amides is 2. The number of hydrogen-bond acceptors (Lipinski definition) is 7. The zero-order valence-electron chi connectivity index (χ0n) is 22.6. The van der Waals surface area contributed by atoms with Crippen molar-refractivity contribution in [2.45, 2.75) is 66.2 Å². The van der Waals surface area contributed by atoms with Crippen molar-refractivity contribution in [3.8, 4) is 21.9 Å². The van der Waals surface area contributed by atoms with Gasteiger partial charge in [-0.3, -0.25) is 9.59 Å². The molecule has 0 aliphatic heterocycles. The lowest BCUT2D eigenvalue weighted by Crippen LogP contribution is -2.50. The number of ether oxygens (including phenoxy) is 2. The van der Waals surface area contributed by atoms with E-state index in [1.807, 2.05) is 62.4 Å². The molecule has 3 rings (SSSR count). The fourth-order valence-corrected chi connectivity index (χ4v) is 4.62. The van der Waals surface area contributed by atoms with Gasteiger partial charge in [0, 0.05) is 6.20 Å². The molecular formula is C29H37N3O5S. The predicted octanol–water partition coefficient (Wildman–Crippen LogP) is 5.42. The lowest BCUT2D eigenvalue weighted by Gasteiger charge is -2.26. The number of hydrogen-bond donors (Lipinski definition) is 3. The van der Waals surface area contributed by atoms with E-state index in [0.29, 0.717) is 42.7 Å². The first-order valence-electron chi connectivity index (χ1n) is 12.8. The summed E-state index contributed by atoms with van der Waals surface area (Å²) in [5, 5.41) is 16.2. The Labute approximate surface area is 228 Å². The first-order chi connectivity index (χ1) is 18.1. The van der Waals surface area contributed by atoms with Crippen LogP contribution in [0.1, 0.15) is 53.0 Å². The third-order valence-electron chi connectivity index (χ3n) is 5.83. The molecule has 2 atom stereocenters. The summed E-state index contributed by atoms with van der Waals surface area (Å²) in [6.07, 6.45) is 1.62. The van der Waals surface area contributed by atoms with Gasteiger partial charge in [0.2, 0.25) is 11.8 Å². The van der Waals surface area contributed by atoms with Gasteiger partial charge in [-0.15, -0.1) is 0 Å². The van der Waals surface area contributed by atoms with Crippen LogP contribution in [-0.2, 0) is 16.2 Å². The number of nitrogens with zero attached hydrogens (tertiary/aromatic N) is 1. The summed E-state index contributed by atoms with van der Waals surface area (Å²) in [6, 6.07) is 14.7. The van der Waals surface area contributed by atoms with Gasteiger partial charge in [-0.25, -0.2) is 4.98 Å². The van der Waals surface area contributed by atoms with Crippen molar-refractivity contribution >= 4 is 28.3 Å². The second-order valence-corrected chi connectivity index (χ2v) is 11.0. The molecule has 2 aromatic carbocycles. The van der Waals surface area contributed by atoms with E-state index in [4.69, 9.17) is 9.47 Å². The van der Waals surface area contributed by atoms with Crippen LogP contribution in [0.3, 0.4) is 0 Å². The maximum Gasteiger partial charge on any atom is 0.250 e. The number of thiazole rings is 1. The fraction of sp³-hybridized carbons (Fsp3) is 0.414. The maximum absolute atomic E-state index is 13.0. The van der Waals surface area contributed by atoms with Crippen molar-refractivity contribution in [3.05, 3.63) is 60.3 Å². The van der Waals surface area contributed by atoms with Gasteiger partial charge in [0.05, 0.1) is 11.5 Å². The molecule has 0 radical (unpaired) electrons. The zero-order valence-corrected chi connectivity index (χ0v) is 23.4. The third-order valence-corrected chi connectivity index (χ3v) is 6.78. The monoisotopic (exact) mass is 539 g/mol. The highest BCUT2D eigenvalue weighted by Crippen LogP contribution is 2.33. The van der Waals surface area contributed by atoms with Crippen molar-refractivity contribution in [2.24, 2.45) is 5.41 Å². The number of aliphatic hydroxyl groups is 1. The molecule has 0 aliphatic rings. The fourth-order valence-electron chi connectivity index (χ4n) is 3.74. The lowest BCUT2D eigenvalue weighted by molar-refractivity contribution is -0.137. The largest absolute Gasteiger partial charge is 0.490 e. The molecule has 0 spiro atoms. The average molecular weight is 540 g/mol. The molecule has 3 aromatic rings. The SMILES string of the molecule is CCC[C@H](NC(=O)C(O)C(C)(C)C)C(=O)Nc1ncc(-c2ccccc2COc2ccccc2OCC)s1. The van der Waals surface area contributed by atoms with E-state index in [0.717, 1.165) is 16.0 Å². The summed E-state index contributed by atoms with van der Waals surface area (Å²) < 4.78 is 11.7. The summed E-state index contributed by atoms with van der Waals surface area (Å²) >= 11 is 1.34. The molecule has 0 bridgehead atoms. The minimum atomic E-state index is -1.22. The molecule has 204 valence electrons. The molecule has 9 heteroatoms. The summed E-state index contributed by atoms with van der Waals surface area (Å²) in [5.41, 5.74) is 1.28. The number of aromatic nitrogens is 1. The van der Waals surface area contributed by atoms with E-state index in [9.17, 15) is 14.7 Å². The quantitative estimate of drug-likeness (QED) is 0.284. The van der Waals surface area contributed by atoms with Crippen LogP contribution in [0.2, 0.25) is 0 Å². The normalized spacial score (nSPS) is 12.9. The Hall–Kier alpha value is -3.43. The summed E-state index contributed by atoms with van der Waals surface area (Å²) in [7, 11) is 0. The smallest absolute Gasteiger partial charge is 0.250 e. The second-order valence-electron chi connectivity index (χ2n) is 9.96. The van der Waals surface area contributed by atoms with Crippen molar-refractivity contribution < 1.29 is 24.2 Å². The first-order valence-corrected chi connectivity index (χ1v) is 13.6. The van der Waals surface area contributed by atoms with E-state index >= 15 is 0 Å². The highest BCUT2D eigenvalue weighted by atomic mass is 32.1. The molecule has 3 N–H and O–H groups in total. The number of carbonyl (C=O) groups is 2. The Morgan fingerprint density at radius 3 is 2.32 bits per heavy atom. The molecule has 1 unspecified atom stereocenters. The van der Waals surface area contributed by atoms with Gasteiger partial charge in [-0.1, -0.05) is 81.9 Å². The van der Waals surface area contributed by atoms with Gasteiger partial charge in [0.1, 0.15) is 18.8 Å². The number of anilines is 1. The highest BCUT2D eigenvalue weighted by molar-refractivity contribution is 7.19. The summed E-state index contributed by atoms with van der Waals surface area (Å²) in [5.74, 6) is 0.429. The van der Waals surface area contributed by atoms with Crippen LogP contribution in [0.15, 0.2) is 54.7 Å². The van der Waals surface area contributed by atoms with E-state index < -0.39 is 23.5 Å². The van der Waals surface area contributed by atoms with Crippen LogP contribution < -0.4 is 20.1 Å². The van der Waals surface area contributed by atoms with Gasteiger partial charge < -0.3 is 25.2 Å². The molecule has 0 aliphatic carbocycles. The maximum atomic E-state index is 13.0. The van der Waals surface area contributed by atoms with Gasteiger partial charge in [0.25, 0.3) is 0 Å². The Morgan fingerprint density at radius 2 is 1.66 bits per heavy atom. The number of para-hydroxylation sites is 2. The average Bonchev–Trinajstić information content (AvgIpc) is 3.35. The third kappa shape index (κ3) is 7.79. The van der Waals surface area contributed by atoms with Crippen LogP contribution in [0.5, 0.6) is 11.5 Å². The topological polar surface area (TPSA) is 110 Å². The van der Waals surface area contributed by atoms with Gasteiger partial charge in [0.15, 0.2) is 16.6 Å². The standard InChI is InChI=1S/C29H37N3O5S/c1-6-12-21(31-27(35)25(33)29(3,4)5)26(34)32-28-30-17-24(38-28)20-14-9-8-13-19(20)18-37-23-16-11-10-15-22(23)36-7-2/h8-11,13-17,21,25,33H,6-7,12,18H2,1-5H3,(H,31,35)(H,30,32,34)/t21-,25?/m0/s1. The van der Waals surface area contributed by atoms with Crippen molar-refractivity contribution in [2.75, 3.05) is 11.9 Å². The molecule has 1 aromatic heterocycles. The minimum absolute atomic E-state index is 0.334. The number of carbonyl (C=O) groups excluding carboxylic acids is 2. The number of rotatable bonds is 12. The Bertz CT molecular complexity index is 1220. The molecule has 0 saturated heterocycles. The first kappa shape index (κ1) is 29.1. The van der Waals surface area contributed by atoms with E-state index in [1.54, 1.807) is 27.0 Å². The number of nitrogens with one attached hydrogen (secondary N) is 2. The van der Waals surface area contributed by atoms with Gasteiger partial charge in [-0.2, -0.15) is 0 Å². The highest BCUT2D eigenvalue weighted by Gasteiger charge is 2.32. The second kappa shape index (κ2) is 13.4. The van der Waals surface area contributed by atoms with Gasteiger partial charge in [-0.05, 0) is 42.0 Å². The Morgan fingerprint density at radius 1 is 1.00 bits per heavy atom. The van der Waals surface area contributed by atoms with Crippen LogP contribution >= 0.6 is 11.3 Å². The molecule has 0 fully saturated rings. The van der Waals surface area contributed by atoms with Crippen molar-refractivity contribution in [3.63, 3.8) is 0 Å². The predicted molar refractivity (Wildman–Crippen MR) is 150 cm³/mol.